The lowest BCUT2D eigenvalue weighted by Crippen LogP contribution is -2.35. The maximum Gasteiger partial charge on any atom is 0.188 e. The van der Waals surface area contributed by atoms with E-state index < -0.39 is 0 Å². The third-order valence-electron chi connectivity index (χ3n) is 5.12. The molecule has 3 aliphatic rings. The Labute approximate surface area is 109 Å². The molecule has 0 amide bonds. The average molecular weight is 251 g/mol. The van der Waals surface area contributed by atoms with Crippen molar-refractivity contribution >= 4 is 5.96 Å². The molecule has 0 radical (unpaired) electrons. The average Bonchev–Trinajstić information content (AvgIpc) is 2.98. The fraction of sp³-hybridized carbons (Fsp3) is 0.929. The Morgan fingerprint density at radius 1 is 1.33 bits per heavy atom. The predicted molar refractivity (Wildman–Crippen MR) is 72.4 cm³/mol. The normalized spacial score (nSPS) is 31.1. The van der Waals surface area contributed by atoms with Crippen molar-refractivity contribution < 1.29 is 4.74 Å². The van der Waals surface area contributed by atoms with Crippen molar-refractivity contribution in [3.05, 3.63) is 0 Å². The van der Waals surface area contributed by atoms with E-state index in [0.717, 1.165) is 38.1 Å². The standard InChI is InChI=1S/C14H25N3O/c15-13(16-9-11-2-1-3-11)17-10-12-8-14(12)4-6-18-7-5-14/h11-12H,1-10H2,(H3,15,16,17). The minimum Gasteiger partial charge on any atom is -0.381 e. The predicted octanol–water partition coefficient (Wildman–Crippen LogP) is 1.51. The molecule has 1 heterocycles. The molecule has 1 unspecified atom stereocenters. The largest absolute Gasteiger partial charge is 0.381 e. The molecule has 1 spiro atoms. The van der Waals surface area contributed by atoms with Crippen molar-refractivity contribution in [3.8, 4) is 0 Å². The lowest BCUT2D eigenvalue weighted by Gasteiger charge is -2.24. The van der Waals surface area contributed by atoms with Gasteiger partial charge < -0.3 is 15.8 Å². The van der Waals surface area contributed by atoms with E-state index in [-0.39, 0.29) is 0 Å². The van der Waals surface area contributed by atoms with Gasteiger partial charge in [-0.15, -0.1) is 0 Å². The molecule has 0 aromatic rings. The Balaban J connectivity index is 1.36. The van der Waals surface area contributed by atoms with Gasteiger partial charge in [0, 0.05) is 26.3 Å². The van der Waals surface area contributed by atoms with Gasteiger partial charge in [-0.25, -0.2) is 0 Å². The summed E-state index contributed by atoms with van der Waals surface area (Å²) < 4.78 is 5.43. The Hall–Kier alpha value is -0.770. The van der Waals surface area contributed by atoms with Gasteiger partial charge in [-0.3, -0.25) is 4.99 Å². The zero-order valence-corrected chi connectivity index (χ0v) is 11.2. The summed E-state index contributed by atoms with van der Waals surface area (Å²) in [5, 5.41) is 3.31. The second-order valence-corrected chi connectivity index (χ2v) is 6.28. The smallest absolute Gasteiger partial charge is 0.188 e. The molecule has 3 rings (SSSR count). The number of hydrogen-bond donors (Lipinski definition) is 2. The summed E-state index contributed by atoms with van der Waals surface area (Å²) in [7, 11) is 0. The van der Waals surface area contributed by atoms with Crippen LogP contribution in [0.1, 0.15) is 38.5 Å². The maximum atomic E-state index is 5.91. The van der Waals surface area contributed by atoms with Crippen LogP contribution in [0.3, 0.4) is 0 Å². The molecule has 4 nitrogen and oxygen atoms in total. The number of rotatable bonds is 4. The number of ether oxygens (including phenoxy) is 1. The molecule has 2 saturated carbocycles. The molecule has 102 valence electrons. The van der Waals surface area contributed by atoms with Gasteiger partial charge in [0.2, 0.25) is 0 Å². The summed E-state index contributed by atoms with van der Waals surface area (Å²) in [6.45, 7) is 3.81. The minimum absolute atomic E-state index is 0.583. The number of hydrogen-bond acceptors (Lipinski definition) is 2. The highest BCUT2D eigenvalue weighted by atomic mass is 16.5. The topological polar surface area (TPSA) is 59.6 Å². The van der Waals surface area contributed by atoms with Crippen LogP contribution in [0, 0.1) is 17.3 Å². The lowest BCUT2D eigenvalue weighted by atomic mass is 9.86. The van der Waals surface area contributed by atoms with Crippen molar-refractivity contribution in [2.75, 3.05) is 26.3 Å². The van der Waals surface area contributed by atoms with Crippen LogP contribution in [0.15, 0.2) is 4.99 Å². The fourth-order valence-electron chi connectivity index (χ4n) is 3.30. The molecular formula is C14H25N3O. The summed E-state index contributed by atoms with van der Waals surface area (Å²) in [4.78, 5) is 4.44. The first kappa shape index (κ1) is 12.3. The van der Waals surface area contributed by atoms with Gasteiger partial charge in [0.25, 0.3) is 0 Å². The molecule has 1 saturated heterocycles. The van der Waals surface area contributed by atoms with Gasteiger partial charge in [0.15, 0.2) is 5.96 Å². The van der Waals surface area contributed by atoms with Crippen LogP contribution in [-0.4, -0.2) is 32.3 Å². The number of nitrogens with zero attached hydrogens (tertiary/aromatic N) is 1. The van der Waals surface area contributed by atoms with Gasteiger partial charge in [-0.1, -0.05) is 6.42 Å². The molecule has 0 bridgehead atoms. The third kappa shape index (κ3) is 2.63. The first-order valence-corrected chi connectivity index (χ1v) is 7.40. The Bertz CT molecular complexity index is 319. The van der Waals surface area contributed by atoms with Gasteiger partial charge in [0.05, 0.1) is 0 Å². The maximum absolute atomic E-state index is 5.91. The van der Waals surface area contributed by atoms with Crippen LogP contribution >= 0.6 is 0 Å². The summed E-state index contributed by atoms with van der Waals surface area (Å²) >= 11 is 0. The molecule has 3 fully saturated rings. The monoisotopic (exact) mass is 251 g/mol. The molecule has 1 atom stereocenters. The van der Waals surface area contributed by atoms with E-state index in [4.69, 9.17) is 10.5 Å². The van der Waals surface area contributed by atoms with Crippen LogP contribution in [0.25, 0.3) is 0 Å². The van der Waals surface area contributed by atoms with E-state index in [1.54, 1.807) is 0 Å². The van der Waals surface area contributed by atoms with Gasteiger partial charge in [-0.05, 0) is 49.4 Å². The highest BCUT2D eigenvalue weighted by Gasteiger charge is 2.53. The molecule has 1 aliphatic heterocycles. The lowest BCUT2D eigenvalue weighted by molar-refractivity contribution is 0.0522. The molecule has 18 heavy (non-hydrogen) atoms. The van der Waals surface area contributed by atoms with E-state index >= 15 is 0 Å². The van der Waals surface area contributed by atoms with Crippen molar-refractivity contribution in [2.45, 2.75) is 38.5 Å². The van der Waals surface area contributed by atoms with Crippen LogP contribution in [0.5, 0.6) is 0 Å². The zero-order chi connectivity index (χ0) is 12.4. The van der Waals surface area contributed by atoms with E-state index in [1.807, 2.05) is 0 Å². The SMILES string of the molecule is NC(=NCC1CCC1)NCC1CC12CCOCC2. The van der Waals surface area contributed by atoms with Crippen molar-refractivity contribution in [1.29, 1.82) is 0 Å². The molecule has 4 heteroatoms. The molecular weight excluding hydrogens is 226 g/mol. The second kappa shape index (κ2) is 5.08. The Kier molecular flexibility index (Phi) is 3.46. The van der Waals surface area contributed by atoms with Crippen LogP contribution in [-0.2, 0) is 4.74 Å². The zero-order valence-electron chi connectivity index (χ0n) is 11.2. The molecule has 3 N–H and O–H groups in total. The quantitative estimate of drug-likeness (QED) is 0.588. The van der Waals surface area contributed by atoms with Crippen molar-refractivity contribution in [1.82, 2.24) is 5.32 Å². The van der Waals surface area contributed by atoms with E-state index in [1.165, 1.54) is 38.5 Å². The van der Waals surface area contributed by atoms with Crippen molar-refractivity contribution in [3.63, 3.8) is 0 Å². The van der Waals surface area contributed by atoms with Gasteiger partial charge in [0.1, 0.15) is 0 Å². The molecule has 2 aliphatic carbocycles. The third-order valence-corrected chi connectivity index (χ3v) is 5.12. The second-order valence-electron chi connectivity index (χ2n) is 6.28. The van der Waals surface area contributed by atoms with E-state index in [9.17, 15) is 0 Å². The van der Waals surface area contributed by atoms with Crippen LogP contribution in [0.2, 0.25) is 0 Å². The highest BCUT2D eigenvalue weighted by Crippen LogP contribution is 2.58. The first-order chi connectivity index (χ1) is 8.78. The van der Waals surface area contributed by atoms with Gasteiger partial charge in [-0.2, -0.15) is 0 Å². The first-order valence-electron chi connectivity index (χ1n) is 7.40. The van der Waals surface area contributed by atoms with Crippen molar-refractivity contribution in [2.24, 2.45) is 28.0 Å². The summed E-state index contributed by atoms with van der Waals surface area (Å²) in [5.74, 6) is 2.24. The summed E-state index contributed by atoms with van der Waals surface area (Å²) in [6, 6.07) is 0. The Morgan fingerprint density at radius 2 is 2.11 bits per heavy atom. The number of nitrogens with one attached hydrogen (secondary N) is 1. The van der Waals surface area contributed by atoms with Gasteiger partial charge >= 0.3 is 0 Å². The fourth-order valence-corrected chi connectivity index (χ4v) is 3.30. The number of guanidine groups is 1. The number of aliphatic imine (C=N–C) groups is 1. The molecule has 0 aromatic heterocycles. The summed E-state index contributed by atoms with van der Waals surface area (Å²) in [5.41, 5.74) is 6.49. The molecule has 0 aromatic carbocycles. The van der Waals surface area contributed by atoms with E-state index in [2.05, 4.69) is 10.3 Å². The van der Waals surface area contributed by atoms with E-state index in [0.29, 0.717) is 11.4 Å². The van der Waals surface area contributed by atoms with Crippen LogP contribution in [0.4, 0.5) is 0 Å². The van der Waals surface area contributed by atoms with Crippen LogP contribution < -0.4 is 11.1 Å². The number of nitrogens with two attached hydrogens (primary N) is 1. The summed E-state index contributed by atoms with van der Waals surface area (Å²) in [6.07, 6.45) is 7.86. The highest BCUT2D eigenvalue weighted by molar-refractivity contribution is 5.77. The minimum atomic E-state index is 0.583. The Morgan fingerprint density at radius 3 is 2.78 bits per heavy atom.